The van der Waals surface area contributed by atoms with Crippen molar-refractivity contribution < 1.29 is 0 Å². The lowest BCUT2D eigenvalue weighted by Crippen LogP contribution is -2.02. The number of aromatic amines is 1. The van der Waals surface area contributed by atoms with Crippen LogP contribution >= 0.6 is 23.8 Å². The topological polar surface area (TPSA) is 46.5 Å². The largest absolute Gasteiger partial charge is 0.270 e. The predicted molar refractivity (Wildman–Crippen MR) is 81.0 cm³/mol. The van der Waals surface area contributed by atoms with Crippen LogP contribution in [0.25, 0.3) is 16.6 Å². The third kappa shape index (κ3) is 1.77. The first-order valence-electron chi connectivity index (χ1n) is 6.46. The van der Waals surface area contributed by atoms with E-state index in [1.54, 1.807) is 6.20 Å². The van der Waals surface area contributed by atoms with Crippen molar-refractivity contribution in [2.75, 3.05) is 0 Å². The van der Waals surface area contributed by atoms with Crippen LogP contribution in [0.2, 0.25) is 5.02 Å². The Bertz CT molecular complexity index is 863. The molecule has 20 heavy (non-hydrogen) atoms. The summed E-state index contributed by atoms with van der Waals surface area (Å²) in [6, 6.07) is 7.68. The van der Waals surface area contributed by atoms with E-state index in [0.29, 0.717) is 15.7 Å². The summed E-state index contributed by atoms with van der Waals surface area (Å²) in [6.45, 7) is 0. The molecule has 0 atom stereocenters. The molecule has 0 unspecified atom stereocenters. The highest BCUT2D eigenvalue weighted by atomic mass is 35.5. The molecule has 0 bridgehead atoms. The number of hydrogen-bond donors (Lipinski definition) is 1. The Kier molecular flexibility index (Phi) is 2.65. The second kappa shape index (κ2) is 4.40. The van der Waals surface area contributed by atoms with Gasteiger partial charge in [-0.05, 0) is 49.3 Å². The van der Waals surface area contributed by atoms with Crippen molar-refractivity contribution in [3.05, 3.63) is 46.1 Å². The van der Waals surface area contributed by atoms with Crippen molar-refractivity contribution in [1.29, 1.82) is 0 Å². The van der Waals surface area contributed by atoms with Crippen LogP contribution in [-0.2, 0) is 0 Å². The van der Waals surface area contributed by atoms with Gasteiger partial charge in [-0.1, -0.05) is 11.6 Å². The summed E-state index contributed by atoms with van der Waals surface area (Å²) in [4.78, 5) is 4.47. The summed E-state index contributed by atoms with van der Waals surface area (Å²) in [7, 11) is 0. The molecule has 2 heterocycles. The lowest BCUT2D eigenvalue weighted by atomic mass is 10.2. The van der Waals surface area contributed by atoms with Gasteiger partial charge in [0.05, 0.1) is 16.2 Å². The van der Waals surface area contributed by atoms with E-state index >= 15 is 0 Å². The maximum atomic E-state index is 6.25. The molecule has 100 valence electrons. The summed E-state index contributed by atoms with van der Waals surface area (Å²) in [5.41, 5.74) is 1.78. The fraction of sp³-hybridized carbons (Fsp3) is 0.214. The number of H-pyrrole nitrogens is 1. The van der Waals surface area contributed by atoms with Gasteiger partial charge in [-0.15, -0.1) is 0 Å². The number of fused-ring (bicyclic) bond motifs is 1. The number of hydrogen-bond acceptors (Lipinski definition) is 3. The normalized spacial score (nSPS) is 14.8. The molecule has 2 aromatic heterocycles. The first-order chi connectivity index (χ1) is 9.75. The van der Waals surface area contributed by atoms with Gasteiger partial charge in [0.1, 0.15) is 5.82 Å². The molecule has 0 saturated heterocycles. The predicted octanol–water partition coefficient (Wildman–Crippen LogP) is 4.01. The number of pyridine rings is 1. The molecule has 6 heteroatoms. The molecule has 1 N–H and O–H groups in total. The monoisotopic (exact) mass is 302 g/mol. The summed E-state index contributed by atoms with van der Waals surface area (Å²) in [5, 5.41) is 8.88. The standard InChI is InChI=1S/C14H11ClN4S/c15-10-5-6-11(12-9(10)2-1-7-16-12)19-13(8-3-4-8)17-18-14(19)20/h1-2,5-8H,3-4H2,(H,18,20). The highest BCUT2D eigenvalue weighted by Crippen LogP contribution is 2.40. The Morgan fingerprint density at radius 3 is 2.95 bits per heavy atom. The molecule has 0 aliphatic heterocycles. The van der Waals surface area contributed by atoms with Crippen molar-refractivity contribution in [1.82, 2.24) is 19.7 Å². The van der Waals surface area contributed by atoms with Gasteiger partial charge < -0.3 is 0 Å². The second-order valence-corrected chi connectivity index (χ2v) is 5.76. The number of aromatic nitrogens is 4. The van der Waals surface area contributed by atoms with E-state index in [1.165, 1.54) is 12.8 Å². The van der Waals surface area contributed by atoms with Crippen molar-refractivity contribution in [2.24, 2.45) is 0 Å². The third-order valence-corrected chi connectivity index (χ3v) is 4.18. The third-order valence-electron chi connectivity index (χ3n) is 3.58. The van der Waals surface area contributed by atoms with Crippen LogP contribution in [0.1, 0.15) is 24.6 Å². The molecule has 4 nitrogen and oxygen atoms in total. The Hall–Kier alpha value is -1.72. The Labute approximate surface area is 125 Å². The van der Waals surface area contributed by atoms with Crippen LogP contribution in [0, 0.1) is 4.77 Å². The number of benzene rings is 1. The average Bonchev–Trinajstić information content (AvgIpc) is 3.24. The smallest absolute Gasteiger partial charge is 0.199 e. The van der Waals surface area contributed by atoms with Gasteiger partial charge in [0.15, 0.2) is 4.77 Å². The van der Waals surface area contributed by atoms with Crippen LogP contribution in [0.3, 0.4) is 0 Å². The van der Waals surface area contributed by atoms with Gasteiger partial charge in [-0.25, -0.2) is 0 Å². The highest BCUT2D eigenvalue weighted by molar-refractivity contribution is 7.71. The molecule has 0 radical (unpaired) electrons. The van der Waals surface area contributed by atoms with E-state index in [2.05, 4.69) is 15.2 Å². The zero-order valence-electron chi connectivity index (χ0n) is 10.5. The van der Waals surface area contributed by atoms with Crippen LogP contribution < -0.4 is 0 Å². The van der Waals surface area contributed by atoms with Gasteiger partial charge in [0.2, 0.25) is 0 Å². The lowest BCUT2D eigenvalue weighted by Gasteiger charge is -2.10. The molecule has 1 aliphatic rings. The first-order valence-corrected chi connectivity index (χ1v) is 7.25. The van der Waals surface area contributed by atoms with Crippen molar-refractivity contribution >= 4 is 34.7 Å². The minimum atomic E-state index is 0.498. The van der Waals surface area contributed by atoms with Crippen molar-refractivity contribution in [2.45, 2.75) is 18.8 Å². The molecule has 1 aromatic carbocycles. The number of nitrogens with zero attached hydrogens (tertiary/aromatic N) is 3. The lowest BCUT2D eigenvalue weighted by molar-refractivity contribution is 0.871. The van der Waals surface area contributed by atoms with Crippen LogP contribution in [-0.4, -0.2) is 19.7 Å². The Balaban J connectivity index is 2.06. The minimum absolute atomic E-state index is 0.498. The summed E-state index contributed by atoms with van der Waals surface area (Å²) in [5.74, 6) is 1.49. The molecule has 1 fully saturated rings. The van der Waals surface area contributed by atoms with Gasteiger partial charge in [0.25, 0.3) is 0 Å². The zero-order chi connectivity index (χ0) is 13.7. The van der Waals surface area contributed by atoms with E-state index in [1.807, 2.05) is 28.8 Å². The fourth-order valence-corrected chi connectivity index (χ4v) is 2.91. The van der Waals surface area contributed by atoms with Crippen LogP contribution in [0.15, 0.2) is 30.5 Å². The second-order valence-electron chi connectivity index (χ2n) is 4.96. The number of nitrogens with one attached hydrogen (secondary N) is 1. The minimum Gasteiger partial charge on any atom is -0.270 e. The van der Waals surface area contributed by atoms with Gasteiger partial charge in [-0.3, -0.25) is 14.6 Å². The maximum absolute atomic E-state index is 6.25. The maximum Gasteiger partial charge on any atom is 0.199 e. The van der Waals surface area contributed by atoms with Gasteiger partial charge in [-0.2, -0.15) is 5.10 Å². The summed E-state index contributed by atoms with van der Waals surface area (Å²) < 4.78 is 2.58. The molecule has 4 rings (SSSR count). The highest BCUT2D eigenvalue weighted by Gasteiger charge is 2.30. The molecular formula is C14H11ClN4S. The van der Waals surface area contributed by atoms with E-state index in [4.69, 9.17) is 23.8 Å². The first kappa shape index (κ1) is 12.1. The molecular weight excluding hydrogens is 292 g/mol. The van der Waals surface area contributed by atoms with E-state index in [0.717, 1.165) is 22.4 Å². The summed E-state index contributed by atoms with van der Waals surface area (Å²) in [6.07, 6.45) is 4.10. The molecule has 1 saturated carbocycles. The van der Waals surface area contributed by atoms with E-state index in [9.17, 15) is 0 Å². The molecule has 1 aliphatic carbocycles. The molecule has 0 amide bonds. The quantitative estimate of drug-likeness (QED) is 0.728. The number of rotatable bonds is 2. The average molecular weight is 303 g/mol. The fourth-order valence-electron chi connectivity index (χ4n) is 2.46. The Morgan fingerprint density at radius 1 is 1.30 bits per heavy atom. The Morgan fingerprint density at radius 2 is 2.15 bits per heavy atom. The zero-order valence-corrected chi connectivity index (χ0v) is 12.1. The van der Waals surface area contributed by atoms with Crippen LogP contribution in [0.4, 0.5) is 0 Å². The van der Waals surface area contributed by atoms with Gasteiger partial charge >= 0.3 is 0 Å². The van der Waals surface area contributed by atoms with Crippen LogP contribution in [0.5, 0.6) is 0 Å². The number of halogens is 1. The molecule has 3 aromatic rings. The summed E-state index contributed by atoms with van der Waals surface area (Å²) >= 11 is 11.6. The van der Waals surface area contributed by atoms with Gasteiger partial charge in [0, 0.05) is 17.5 Å². The van der Waals surface area contributed by atoms with Crippen molar-refractivity contribution in [3.8, 4) is 5.69 Å². The van der Waals surface area contributed by atoms with E-state index in [-0.39, 0.29) is 0 Å². The van der Waals surface area contributed by atoms with E-state index < -0.39 is 0 Å². The SMILES string of the molecule is S=c1[nH]nc(C2CC2)n1-c1ccc(Cl)c2cccnc12. The molecule has 0 spiro atoms. The van der Waals surface area contributed by atoms with Crippen molar-refractivity contribution in [3.63, 3.8) is 0 Å².